The van der Waals surface area contributed by atoms with Crippen molar-refractivity contribution in [1.29, 1.82) is 0 Å². The molecule has 0 saturated carbocycles. The first-order valence-corrected chi connectivity index (χ1v) is 8.90. The Kier molecular flexibility index (Phi) is 5.34. The average Bonchev–Trinajstić information content (AvgIpc) is 3.07. The third kappa shape index (κ3) is 3.48. The van der Waals surface area contributed by atoms with Gasteiger partial charge in [0.2, 0.25) is 0 Å². The zero-order chi connectivity index (χ0) is 17.6. The summed E-state index contributed by atoms with van der Waals surface area (Å²) < 4.78 is 14.8. The van der Waals surface area contributed by atoms with Gasteiger partial charge >= 0.3 is 0 Å². The van der Waals surface area contributed by atoms with Crippen LogP contribution in [-0.2, 0) is 0 Å². The predicted molar refractivity (Wildman–Crippen MR) is 101 cm³/mol. The zero-order valence-electron chi connectivity index (χ0n) is 15.0. The Morgan fingerprint density at radius 1 is 1.19 bits per heavy atom. The number of benzene rings is 1. The van der Waals surface area contributed by atoms with Gasteiger partial charge < -0.3 is 10.6 Å². The van der Waals surface area contributed by atoms with Crippen molar-refractivity contribution in [3.8, 4) is 5.69 Å². The summed E-state index contributed by atoms with van der Waals surface area (Å²) in [5.74, 6) is -0.349. The monoisotopic (exact) mass is 378 g/mol. The van der Waals surface area contributed by atoms with Crippen LogP contribution in [0.15, 0.2) is 24.3 Å². The largest absolute Gasteiger partial charge is 0.349 e. The van der Waals surface area contributed by atoms with Crippen LogP contribution in [0.4, 0.5) is 4.39 Å². The zero-order valence-corrected chi connectivity index (χ0v) is 15.8. The smallest absolute Gasteiger partial charge is 0.255 e. The Morgan fingerprint density at radius 3 is 2.42 bits per heavy atom. The van der Waals surface area contributed by atoms with Crippen molar-refractivity contribution in [2.45, 2.75) is 57.7 Å². The van der Waals surface area contributed by atoms with E-state index in [0.717, 1.165) is 24.2 Å². The maximum atomic E-state index is 13.1. The number of nitrogens with one attached hydrogen (secondary N) is 2. The van der Waals surface area contributed by atoms with Crippen LogP contribution < -0.4 is 10.6 Å². The highest BCUT2D eigenvalue weighted by molar-refractivity contribution is 5.96. The fourth-order valence-electron chi connectivity index (χ4n) is 4.24. The molecule has 2 fully saturated rings. The number of fused-ring (bicyclic) bond motifs is 2. The van der Waals surface area contributed by atoms with E-state index in [-0.39, 0.29) is 30.2 Å². The molecule has 26 heavy (non-hydrogen) atoms. The van der Waals surface area contributed by atoms with Gasteiger partial charge in [0.25, 0.3) is 5.91 Å². The molecular weight excluding hydrogens is 355 g/mol. The van der Waals surface area contributed by atoms with Gasteiger partial charge in [-0.25, -0.2) is 9.07 Å². The van der Waals surface area contributed by atoms with Crippen LogP contribution in [0.1, 0.15) is 47.4 Å². The van der Waals surface area contributed by atoms with E-state index in [2.05, 4.69) is 15.7 Å². The number of piperidine rings is 1. The van der Waals surface area contributed by atoms with Crippen LogP contribution in [0.3, 0.4) is 0 Å². The summed E-state index contributed by atoms with van der Waals surface area (Å²) in [6, 6.07) is 7.43. The first-order chi connectivity index (χ1) is 12.0. The first-order valence-electron chi connectivity index (χ1n) is 8.90. The Balaban J connectivity index is 0.00000196. The number of rotatable bonds is 3. The van der Waals surface area contributed by atoms with E-state index < -0.39 is 0 Å². The van der Waals surface area contributed by atoms with Gasteiger partial charge in [-0.2, -0.15) is 5.10 Å². The Bertz CT molecular complexity index is 793. The van der Waals surface area contributed by atoms with Gasteiger partial charge in [0.1, 0.15) is 5.82 Å². The molecule has 2 unspecified atom stereocenters. The number of nitrogens with zero attached hydrogens (tertiary/aromatic N) is 2. The van der Waals surface area contributed by atoms with E-state index in [1.807, 2.05) is 13.8 Å². The van der Waals surface area contributed by atoms with Crippen molar-refractivity contribution < 1.29 is 9.18 Å². The van der Waals surface area contributed by atoms with E-state index >= 15 is 0 Å². The third-order valence-corrected chi connectivity index (χ3v) is 5.40. The number of aromatic nitrogens is 2. The summed E-state index contributed by atoms with van der Waals surface area (Å²) in [6.07, 6.45) is 4.40. The lowest BCUT2D eigenvalue weighted by Gasteiger charge is -2.29. The molecule has 3 heterocycles. The van der Waals surface area contributed by atoms with E-state index in [9.17, 15) is 9.18 Å². The van der Waals surface area contributed by atoms with Gasteiger partial charge in [-0.3, -0.25) is 4.79 Å². The summed E-state index contributed by atoms with van der Waals surface area (Å²) in [5, 5.41) is 11.3. The van der Waals surface area contributed by atoms with Gasteiger partial charge in [0.15, 0.2) is 0 Å². The molecule has 2 saturated heterocycles. The van der Waals surface area contributed by atoms with Crippen LogP contribution >= 0.6 is 12.4 Å². The molecule has 1 amide bonds. The van der Waals surface area contributed by atoms with Crippen molar-refractivity contribution >= 4 is 18.3 Å². The minimum absolute atomic E-state index is 0. The van der Waals surface area contributed by atoms with Crippen LogP contribution in [0.5, 0.6) is 0 Å². The van der Waals surface area contributed by atoms with Crippen molar-refractivity contribution in [2.75, 3.05) is 0 Å². The molecule has 7 heteroatoms. The summed E-state index contributed by atoms with van der Waals surface area (Å²) in [7, 11) is 0. The van der Waals surface area contributed by atoms with Crippen molar-refractivity contribution in [1.82, 2.24) is 20.4 Å². The maximum Gasteiger partial charge on any atom is 0.255 e. The molecule has 2 N–H and O–H groups in total. The molecule has 2 aliphatic heterocycles. The van der Waals surface area contributed by atoms with E-state index in [1.54, 1.807) is 16.8 Å². The van der Waals surface area contributed by atoms with E-state index in [4.69, 9.17) is 0 Å². The second-order valence-electron chi connectivity index (χ2n) is 7.21. The van der Waals surface area contributed by atoms with E-state index in [0.29, 0.717) is 23.3 Å². The highest BCUT2D eigenvalue weighted by atomic mass is 35.5. The van der Waals surface area contributed by atoms with Crippen LogP contribution in [0.25, 0.3) is 5.69 Å². The molecule has 2 atom stereocenters. The standard InChI is InChI=1S/C19H23FN4O.ClH/c1-11-18(12(2)24(23-11)17-7-3-13(20)4-8-17)19(25)22-16-9-14-5-6-15(10-16)21-14;/h3-4,7-8,14-16,21H,5-6,9-10H2,1-2H3,(H,22,25);1H. The minimum atomic E-state index is -0.288. The van der Waals surface area contributed by atoms with Crippen LogP contribution in [-0.4, -0.2) is 33.8 Å². The first kappa shape index (κ1) is 18.9. The molecular formula is C19H24ClFN4O. The molecule has 4 rings (SSSR count). The Morgan fingerprint density at radius 2 is 1.81 bits per heavy atom. The second kappa shape index (κ2) is 7.37. The van der Waals surface area contributed by atoms with Crippen molar-refractivity contribution in [3.63, 3.8) is 0 Å². The minimum Gasteiger partial charge on any atom is -0.349 e. The van der Waals surface area contributed by atoms with Gasteiger partial charge in [-0.05, 0) is 63.8 Å². The molecule has 2 bridgehead atoms. The number of aryl methyl sites for hydroxylation is 1. The number of hydrogen-bond acceptors (Lipinski definition) is 3. The van der Waals surface area contributed by atoms with Gasteiger partial charge in [0.05, 0.1) is 22.6 Å². The highest BCUT2D eigenvalue weighted by Crippen LogP contribution is 2.27. The topological polar surface area (TPSA) is 59.0 Å². The lowest BCUT2D eigenvalue weighted by atomic mass is 9.99. The van der Waals surface area contributed by atoms with Gasteiger partial charge in [0, 0.05) is 18.1 Å². The van der Waals surface area contributed by atoms with Gasteiger partial charge in [-0.15, -0.1) is 12.4 Å². The molecule has 2 aliphatic rings. The number of carbonyl (C=O) groups is 1. The molecule has 1 aromatic heterocycles. The maximum absolute atomic E-state index is 13.1. The normalized spacial score (nSPS) is 24.2. The summed E-state index contributed by atoms with van der Waals surface area (Å²) >= 11 is 0. The molecule has 1 aromatic carbocycles. The fourth-order valence-corrected chi connectivity index (χ4v) is 4.24. The quantitative estimate of drug-likeness (QED) is 0.863. The van der Waals surface area contributed by atoms with E-state index in [1.165, 1.54) is 25.0 Å². The lowest BCUT2D eigenvalue weighted by Crippen LogP contribution is -2.48. The summed E-state index contributed by atoms with van der Waals surface area (Å²) in [4.78, 5) is 12.8. The molecule has 5 nitrogen and oxygen atoms in total. The number of halogens is 2. The van der Waals surface area contributed by atoms with Crippen molar-refractivity contribution in [2.24, 2.45) is 0 Å². The van der Waals surface area contributed by atoms with Crippen LogP contribution in [0.2, 0.25) is 0 Å². The number of carbonyl (C=O) groups excluding carboxylic acids is 1. The highest BCUT2D eigenvalue weighted by Gasteiger charge is 2.34. The fraction of sp³-hybridized carbons (Fsp3) is 0.474. The number of amides is 1. The molecule has 0 spiro atoms. The van der Waals surface area contributed by atoms with Crippen molar-refractivity contribution in [3.05, 3.63) is 47.0 Å². The predicted octanol–water partition coefficient (Wildman–Crippen LogP) is 3.06. The number of hydrogen-bond donors (Lipinski definition) is 2. The summed E-state index contributed by atoms with van der Waals surface area (Å²) in [5.41, 5.74) is 2.84. The van der Waals surface area contributed by atoms with Gasteiger partial charge in [-0.1, -0.05) is 0 Å². The lowest BCUT2D eigenvalue weighted by molar-refractivity contribution is 0.0922. The second-order valence-corrected chi connectivity index (χ2v) is 7.21. The molecule has 0 aliphatic carbocycles. The summed E-state index contributed by atoms with van der Waals surface area (Å²) in [6.45, 7) is 3.72. The SMILES string of the molecule is Cc1nn(-c2ccc(F)cc2)c(C)c1C(=O)NC1CC2CCC(C1)N2.Cl. The Labute approximate surface area is 158 Å². The third-order valence-electron chi connectivity index (χ3n) is 5.40. The molecule has 140 valence electrons. The molecule has 0 radical (unpaired) electrons. The van der Waals surface area contributed by atoms with Crippen LogP contribution in [0, 0.1) is 19.7 Å². The molecule has 2 aromatic rings. The Hall–Kier alpha value is -1.92. The average molecular weight is 379 g/mol.